The van der Waals surface area contributed by atoms with Crippen molar-refractivity contribution in [1.29, 1.82) is 0 Å². The SMILES string of the molecule is COc1ccc(C)cc1S(=O)(=O)N(C)c1ccc2c(c1)ncn2C. The number of ether oxygens (including phenoxy) is 1. The van der Waals surface area contributed by atoms with E-state index in [0.29, 0.717) is 11.4 Å². The highest BCUT2D eigenvalue weighted by molar-refractivity contribution is 7.92. The summed E-state index contributed by atoms with van der Waals surface area (Å²) in [7, 11) is 1.14. The van der Waals surface area contributed by atoms with Crippen molar-refractivity contribution in [2.45, 2.75) is 11.8 Å². The Morgan fingerprint density at radius 3 is 2.62 bits per heavy atom. The van der Waals surface area contributed by atoms with Gasteiger partial charge in [-0.2, -0.15) is 0 Å². The molecule has 0 aliphatic carbocycles. The van der Waals surface area contributed by atoms with E-state index in [4.69, 9.17) is 4.74 Å². The van der Waals surface area contributed by atoms with Gasteiger partial charge in [0, 0.05) is 14.1 Å². The van der Waals surface area contributed by atoms with E-state index in [9.17, 15) is 8.42 Å². The van der Waals surface area contributed by atoms with Crippen LogP contribution in [0.1, 0.15) is 5.56 Å². The number of hydrogen-bond donors (Lipinski definition) is 0. The van der Waals surface area contributed by atoms with Crippen LogP contribution in [0, 0.1) is 6.92 Å². The molecule has 0 fully saturated rings. The van der Waals surface area contributed by atoms with Crippen molar-refractivity contribution in [1.82, 2.24) is 9.55 Å². The van der Waals surface area contributed by atoms with Crippen molar-refractivity contribution >= 4 is 26.7 Å². The zero-order valence-corrected chi connectivity index (χ0v) is 14.8. The minimum Gasteiger partial charge on any atom is -0.495 e. The summed E-state index contributed by atoms with van der Waals surface area (Å²) in [6, 6.07) is 10.5. The summed E-state index contributed by atoms with van der Waals surface area (Å²) >= 11 is 0. The second-order valence-electron chi connectivity index (χ2n) is 5.66. The molecule has 0 spiro atoms. The zero-order chi connectivity index (χ0) is 17.5. The van der Waals surface area contributed by atoms with Crippen LogP contribution in [-0.2, 0) is 17.1 Å². The topological polar surface area (TPSA) is 64.4 Å². The minimum atomic E-state index is -3.75. The van der Waals surface area contributed by atoms with Crippen molar-refractivity contribution < 1.29 is 13.2 Å². The monoisotopic (exact) mass is 345 g/mol. The molecule has 6 nitrogen and oxygen atoms in total. The Hall–Kier alpha value is -2.54. The summed E-state index contributed by atoms with van der Waals surface area (Å²) in [6.45, 7) is 1.85. The van der Waals surface area contributed by atoms with E-state index in [0.717, 1.165) is 16.6 Å². The van der Waals surface area contributed by atoms with E-state index in [1.807, 2.05) is 30.7 Å². The lowest BCUT2D eigenvalue weighted by atomic mass is 10.2. The Bertz CT molecular complexity index is 1010. The Balaban J connectivity index is 2.09. The lowest BCUT2D eigenvalue weighted by molar-refractivity contribution is 0.402. The summed E-state index contributed by atoms with van der Waals surface area (Å²) in [6.07, 6.45) is 1.70. The largest absolute Gasteiger partial charge is 0.495 e. The van der Waals surface area contributed by atoms with Crippen LogP contribution >= 0.6 is 0 Å². The maximum absolute atomic E-state index is 13.0. The molecule has 0 bridgehead atoms. The summed E-state index contributed by atoms with van der Waals surface area (Å²) < 4.78 is 34.4. The number of aromatic nitrogens is 2. The van der Waals surface area contributed by atoms with Crippen molar-refractivity contribution in [3.8, 4) is 5.75 Å². The third-order valence-corrected chi connectivity index (χ3v) is 5.84. The van der Waals surface area contributed by atoms with E-state index < -0.39 is 10.0 Å². The van der Waals surface area contributed by atoms with Gasteiger partial charge in [-0.1, -0.05) is 6.07 Å². The maximum Gasteiger partial charge on any atom is 0.267 e. The summed E-state index contributed by atoms with van der Waals surface area (Å²) in [5, 5.41) is 0. The molecule has 0 amide bonds. The van der Waals surface area contributed by atoms with Gasteiger partial charge in [-0.05, 0) is 42.8 Å². The first-order valence-electron chi connectivity index (χ1n) is 7.39. The molecule has 24 heavy (non-hydrogen) atoms. The number of rotatable bonds is 4. The van der Waals surface area contributed by atoms with Gasteiger partial charge in [-0.3, -0.25) is 4.31 Å². The number of fused-ring (bicyclic) bond motifs is 1. The Kier molecular flexibility index (Phi) is 3.96. The first kappa shape index (κ1) is 16.3. The van der Waals surface area contributed by atoms with Gasteiger partial charge in [0.15, 0.2) is 0 Å². The number of anilines is 1. The highest BCUT2D eigenvalue weighted by Gasteiger charge is 2.25. The predicted molar refractivity (Wildman–Crippen MR) is 94.0 cm³/mol. The van der Waals surface area contributed by atoms with Crippen LogP contribution in [0.25, 0.3) is 11.0 Å². The van der Waals surface area contributed by atoms with Gasteiger partial charge in [0.2, 0.25) is 0 Å². The number of aryl methyl sites for hydroxylation is 2. The van der Waals surface area contributed by atoms with Crippen LogP contribution in [0.3, 0.4) is 0 Å². The number of hydrogen-bond acceptors (Lipinski definition) is 4. The van der Waals surface area contributed by atoms with Crippen molar-refractivity contribution in [3.05, 3.63) is 48.3 Å². The maximum atomic E-state index is 13.0. The molecular formula is C17H19N3O3S. The highest BCUT2D eigenvalue weighted by atomic mass is 32.2. The Morgan fingerprint density at radius 2 is 1.92 bits per heavy atom. The van der Waals surface area contributed by atoms with E-state index in [1.54, 1.807) is 30.6 Å². The zero-order valence-electron chi connectivity index (χ0n) is 14.0. The molecule has 0 saturated carbocycles. The Labute approximate surface area is 141 Å². The van der Waals surface area contributed by atoms with E-state index in [1.165, 1.54) is 18.5 Å². The second-order valence-corrected chi connectivity index (χ2v) is 7.59. The van der Waals surface area contributed by atoms with Gasteiger partial charge < -0.3 is 9.30 Å². The molecule has 0 unspecified atom stereocenters. The van der Waals surface area contributed by atoms with Crippen molar-refractivity contribution in [2.24, 2.45) is 7.05 Å². The summed E-state index contributed by atoms with van der Waals surface area (Å²) in [5.41, 5.74) is 3.08. The quantitative estimate of drug-likeness (QED) is 0.729. The fourth-order valence-electron chi connectivity index (χ4n) is 2.59. The molecule has 0 N–H and O–H groups in total. The van der Waals surface area contributed by atoms with Crippen LogP contribution < -0.4 is 9.04 Å². The van der Waals surface area contributed by atoms with Gasteiger partial charge in [-0.15, -0.1) is 0 Å². The fraction of sp³-hybridized carbons (Fsp3) is 0.235. The first-order valence-corrected chi connectivity index (χ1v) is 8.83. The molecule has 126 valence electrons. The van der Waals surface area contributed by atoms with E-state index in [-0.39, 0.29) is 4.90 Å². The normalized spacial score (nSPS) is 11.7. The minimum absolute atomic E-state index is 0.147. The van der Waals surface area contributed by atoms with Gasteiger partial charge >= 0.3 is 0 Å². The average molecular weight is 345 g/mol. The smallest absolute Gasteiger partial charge is 0.267 e. The molecule has 0 saturated heterocycles. The molecule has 2 aromatic carbocycles. The molecule has 0 aliphatic heterocycles. The molecule has 0 radical (unpaired) electrons. The van der Waals surface area contributed by atoms with Crippen LogP contribution in [0.2, 0.25) is 0 Å². The van der Waals surface area contributed by atoms with Gasteiger partial charge in [0.25, 0.3) is 10.0 Å². The predicted octanol–water partition coefficient (Wildman–Crippen LogP) is 2.72. The lowest BCUT2D eigenvalue weighted by Crippen LogP contribution is -2.27. The van der Waals surface area contributed by atoms with Gasteiger partial charge in [-0.25, -0.2) is 13.4 Å². The molecule has 1 aromatic heterocycles. The number of methoxy groups -OCH3 is 1. The Morgan fingerprint density at radius 1 is 1.17 bits per heavy atom. The van der Waals surface area contributed by atoms with E-state index in [2.05, 4.69) is 4.98 Å². The van der Waals surface area contributed by atoms with Crippen LogP contribution in [0.15, 0.2) is 47.6 Å². The first-order chi connectivity index (χ1) is 11.3. The summed E-state index contributed by atoms with van der Waals surface area (Å²) in [5.74, 6) is 0.325. The van der Waals surface area contributed by atoms with Gasteiger partial charge in [0.05, 0.1) is 30.2 Å². The standard InChI is InChI=1S/C17H19N3O3S/c1-12-5-8-16(23-4)17(9-12)24(21,22)20(3)13-6-7-15-14(10-13)18-11-19(15)2/h5-11H,1-4H3. The highest BCUT2D eigenvalue weighted by Crippen LogP contribution is 2.30. The molecule has 1 heterocycles. The molecule has 0 aliphatic rings. The number of imidazole rings is 1. The molecule has 3 rings (SSSR count). The third-order valence-electron chi connectivity index (χ3n) is 4.03. The van der Waals surface area contributed by atoms with Crippen molar-refractivity contribution in [3.63, 3.8) is 0 Å². The average Bonchev–Trinajstić information content (AvgIpc) is 2.94. The summed E-state index contributed by atoms with van der Waals surface area (Å²) in [4.78, 5) is 4.43. The van der Waals surface area contributed by atoms with E-state index >= 15 is 0 Å². The molecular weight excluding hydrogens is 326 g/mol. The number of nitrogens with zero attached hydrogens (tertiary/aromatic N) is 3. The fourth-order valence-corrected chi connectivity index (χ4v) is 4.02. The van der Waals surface area contributed by atoms with Crippen LogP contribution in [0.4, 0.5) is 5.69 Å². The van der Waals surface area contributed by atoms with Crippen molar-refractivity contribution in [2.75, 3.05) is 18.5 Å². The number of benzene rings is 2. The molecule has 0 atom stereocenters. The van der Waals surface area contributed by atoms with Crippen LogP contribution in [-0.4, -0.2) is 32.1 Å². The second kappa shape index (κ2) is 5.83. The van der Waals surface area contributed by atoms with Gasteiger partial charge in [0.1, 0.15) is 10.6 Å². The number of sulfonamides is 1. The van der Waals surface area contributed by atoms with Crippen LogP contribution in [0.5, 0.6) is 5.75 Å². The molecule has 7 heteroatoms. The third kappa shape index (κ3) is 2.60. The lowest BCUT2D eigenvalue weighted by Gasteiger charge is -2.21. The molecule has 3 aromatic rings.